The van der Waals surface area contributed by atoms with Crippen LogP contribution in [0.25, 0.3) is 0 Å². The van der Waals surface area contributed by atoms with Crippen LogP contribution in [0, 0.1) is 0 Å². The van der Waals surface area contributed by atoms with Gasteiger partial charge in [-0.05, 0) is 0 Å². The molecule has 0 aliphatic carbocycles. The largest absolute Gasteiger partial charge is 0.480 e. The highest BCUT2D eigenvalue weighted by Gasteiger charge is 2.12. The molecule has 0 saturated heterocycles. The summed E-state index contributed by atoms with van der Waals surface area (Å²) in [4.78, 5) is 14.1. The first-order valence-corrected chi connectivity index (χ1v) is 3.36. The van der Waals surface area contributed by atoms with Crippen molar-refractivity contribution in [3.05, 3.63) is 12.4 Å². The summed E-state index contributed by atoms with van der Waals surface area (Å²) < 4.78 is 1.48. The number of anilines is 1. The molecule has 1 aromatic rings. The zero-order chi connectivity index (χ0) is 9.14. The Morgan fingerprint density at radius 1 is 1.64 bits per heavy atom. The number of rotatable bonds is 3. The van der Waals surface area contributed by atoms with E-state index in [1.165, 1.54) is 10.8 Å². The van der Waals surface area contributed by atoms with Crippen molar-refractivity contribution in [2.24, 2.45) is 5.73 Å². The molecule has 82 valence electrons. The molecule has 0 amide bonds. The molecule has 14 heavy (non-hydrogen) atoms. The molecule has 6 nitrogen and oxygen atoms in total. The standard InChI is InChI=1S/C6H10N4O2.2ClH/c7-4(5(11)12)3-10-2-1-9-6(10)8;;/h1-2,4H,3,7H2,(H2,8,9)(H,11,12);2*1H/t4-;;/m0../s1. The van der Waals surface area contributed by atoms with Crippen LogP contribution in [0.4, 0.5) is 5.95 Å². The van der Waals surface area contributed by atoms with Gasteiger partial charge in [-0.3, -0.25) is 4.79 Å². The second-order valence-electron chi connectivity index (χ2n) is 2.38. The summed E-state index contributed by atoms with van der Waals surface area (Å²) in [7, 11) is 0. The van der Waals surface area contributed by atoms with Crippen LogP contribution in [-0.4, -0.2) is 26.7 Å². The van der Waals surface area contributed by atoms with Crippen molar-refractivity contribution in [1.82, 2.24) is 9.55 Å². The zero-order valence-electron chi connectivity index (χ0n) is 7.16. The Kier molecular flexibility index (Phi) is 7.16. The second kappa shape index (κ2) is 6.47. The quantitative estimate of drug-likeness (QED) is 0.676. The number of aromatic nitrogens is 2. The molecule has 0 radical (unpaired) electrons. The van der Waals surface area contributed by atoms with Gasteiger partial charge in [0.15, 0.2) is 5.95 Å². The molecule has 5 N–H and O–H groups in total. The number of nitrogen functional groups attached to an aromatic ring is 1. The molecule has 0 aliphatic heterocycles. The number of carboxylic acids is 1. The molecule has 8 heteroatoms. The smallest absolute Gasteiger partial charge is 0.322 e. The lowest BCUT2D eigenvalue weighted by Crippen LogP contribution is -2.34. The number of carbonyl (C=O) groups is 1. The van der Waals surface area contributed by atoms with E-state index >= 15 is 0 Å². The van der Waals surface area contributed by atoms with Gasteiger partial charge < -0.3 is 21.1 Å². The molecule has 1 aromatic heterocycles. The average Bonchev–Trinajstić information content (AvgIpc) is 2.36. The summed E-state index contributed by atoms with van der Waals surface area (Å²) in [6.07, 6.45) is 3.07. The monoisotopic (exact) mass is 242 g/mol. The molecule has 0 aliphatic rings. The van der Waals surface area contributed by atoms with Crippen LogP contribution in [0.15, 0.2) is 12.4 Å². The van der Waals surface area contributed by atoms with Crippen LogP contribution in [0.3, 0.4) is 0 Å². The maximum Gasteiger partial charge on any atom is 0.322 e. The number of aliphatic carboxylic acids is 1. The predicted octanol–water partition coefficient (Wildman–Crippen LogP) is -0.279. The minimum absolute atomic E-state index is 0. The van der Waals surface area contributed by atoms with Crippen LogP contribution in [-0.2, 0) is 11.3 Å². The highest BCUT2D eigenvalue weighted by molar-refractivity contribution is 5.85. The van der Waals surface area contributed by atoms with Crippen molar-refractivity contribution < 1.29 is 9.90 Å². The van der Waals surface area contributed by atoms with Gasteiger partial charge in [0.2, 0.25) is 0 Å². The highest BCUT2D eigenvalue weighted by atomic mass is 35.5. The van der Waals surface area contributed by atoms with Gasteiger partial charge in [-0.25, -0.2) is 4.98 Å². The number of imidazole rings is 1. The Hall–Kier alpha value is -0.980. The average molecular weight is 243 g/mol. The summed E-state index contributed by atoms with van der Waals surface area (Å²) in [5.41, 5.74) is 10.7. The van der Waals surface area contributed by atoms with Crippen molar-refractivity contribution in [2.45, 2.75) is 12.6 Å². The number of hydrogen-bond donors (Lipinski definition) is 3. The lowest BCUT2D eigenvalue weighted by atomic mass is 10.3. The molecule has 1 rings (SSSR count). The minimum atomic E-state index is -1.05. The third-order valence-corrected chi connectivity index (χ3v) is 1.46. The molecular weight excluding hydrogens is 231 g/mol. The van der Waals surface area contributed by atoms with E-state index in [0.717, 1.165) is 0 Å². The lowest BCUT2D eigenvalue weighted by Gasteiger charge is -2.07. The van der Waals surface area contributed by atoms with Crippen LogP contribution in [0.5, 0.6) is 0 Å². The minimum Gasteiger partial charge on any atom is -0.480 e. The first-order chi connectivity index (χ1) is 5.61. The van der Waals surface area contributed by atoms with Crippen LogP contribution in [0.2, 0.25) is 0 Å². The summed E-state index contributed by atoms with van der Waals surface area (Å²) in [6, 6.07) is -0.943. The highest BCUT2D eigenvalue weighted by Crippen LogP contribution is 1.99. The number of nitrogens with zero attached hydrogens (tertiary/aromatic N) is 2. The fraction of sp³-hybridized carbons (Fsp3) is 0.333. The molecule has 0 aromatic carbocycles. The summed E-state index contributed by atoms with van der Waals surface area (Å²) in [5, 5.41) is 8.47. The van der Waals surface area contributed by atoms with E-state index in [1.54, 1.807) is 6.20 Å². The van der Waals surface area contributed by atoms with Crippen molar-refractivity contribution in [3.63, 3.8) is 0 Å². The molecule has 0 bridgehead atoms. The normalized spacial score (nSPS) is 10.9. The van der Waals surface area contributed by atoms with Crippen molar-refractivity contribution in [3.8, 4) is 0 Å². The third-order valence-electron chi connectivity index (χ3n) is 1.46. The summed E-state index contributed by atoms with van der Waals surface area (Å²) >= 11 is 0. The number of hydrogen-bond acceptors (Lipinski definition) is 4. The Morgan fingerprint density at radius 3 is 2.57 bits per heavy atom. The topological polar surface area (TPSA) is 107 Å². The van der Waals surface area contributed by atoms with Crippen LogP contribution >= 0.6 is 24.8 Å². The summed E-state index contributed by atoms with van der Waals surface area (Å²) in [6.45, 7) is 0.140. The number of nitrogens with two attached hydrogens (primary N) is 2. The molecule has 1 atom stereocenters. The predicted molar refractivity (Wildman–Crippen MR) is 56.7 cm³/mol. The van der Waals surface area contributed by atoms with Crippen LogP contribution in [0.1, 0.15) is 0 Å². The van der Waals surface area contributed by atoms with E-state index in [9.17, 15) is 4.79 Å². The maximum atomic E-state index is 10.3. The van der Waals surface area contributed by atoms with Gasteiger partial charge in [-0.2, -0.15) is 0 Å². The van der Waals surface area contributed by atoms with E-state index in [4.69, 9.17) is 16.6 Å². The van der Waals surface area contributed by atoms with Gasteiger partial charge in [0.1, 0.15) is 6.04 Å². The first kappa shape index (κ1) is 15.5. The van der Waals surface area contributed by atoms with Crippen molar-refractivity contribution in [1.29, 1.82) is 0 Å². The Morgan fingerprint density at radius 2 is 2.21 bits per heavy atom. The van der Waals surface area contributed by atoms with E-state index in [1.807, 2.05) is 0 Å². The van der Waals surface area contributed by atoms with E-state index < -0.39 is 12.0 Å². The Balaban J connectivity index is 0. The fourth-order valence-corrected chi connectivity index (χ4v) is 0.785. The van der Waals surface area contributed by atoms with Crippen LogP contribution < -0.4 is 11.5 Å². The number of carboxylic acid groups (broad SMARTS) is 1. The van der Waals surface area contributed by atoms with Gasteiger partial charge in [0.05, 0.1) is 6.54 Å². The number of halogens is 2. The van der Waals surface area contributed by atoms with Crippen molar-refractivity contribution >= 4 is 36.7 Å². The fourth-order valence-electron chi connectivity index (χ4n) is 0.785. The van der Waals surface area contributed by atoms with E-state index in [-0.39, 0.29) is 37.3 Å². The third kappa shape index (κ3) is 3.82. The van der Waals surface area contributed by atoms with Gasteiger partial charge in [-0.1, -0.05) is 0 Å². The zero-order valence-corrected chi connectivity index (χ0v) is 8.79. The molecule has 0 saturated carbocycles. The molecule has 0 fully saturated rings. The molecule has 0 unspecified atom stereocenters. The molecule has 0 spiro atoms. The van der Waals surface area contributed by atoms with Gasteiger partial charge >= 0.3 is 5.97 Å². The lowest BCUT2D eigenvalue weighted by molar-refractivity contribution is -0.138. The summed E-state index contributed by atoms with van der Waals surface area (Å²) in [5.74, 6) is -0.783. The maximum absolute atomic E-state index is 10.3. The van der Waals surface area contributed by atoms with Gasteiger partial charge in [0, 0.05) is 12.4 Å². The van der Waals surface area contributed by atoms with E-state index in [2.05, 4.69) is 4.98 Å². The van der Waals surface area contributed by atoms with Gasteiger partial charge in [0.25, 0.3) is 0 Å². The Labute approximate surface area is 93.1 Å². The van der Waals surface area contributed by atoms with E-state index in [0.29, 0.717) is 0 Å². The Bertz CT molecular complexity index is 291. The van der Waals surface area contributed by atoms with Gasteiger partial charge in [-0.15, -0.1) is 24.8 Å². The van der Waals surface area contributed by atoms with Crippen molar-refractivity contribution in [2.75, 3.05) is 5.73 Å². The SMILES string of the molecule is Cl.Cl.Nc1nccn1C[C@H](N)C(=O)O. The second-order valence-corrected chi connectivity index (χ2v) is 2.38. The first-order valence-electron chi connectivity index (χ1n) is 3.36. The molecular formula is C6H12Cl2N4O2. The molecule has 1 heterocycles.